The fraction of sp³-hybridized carbons (Fsp3) is 0.600. The van der Waals surface area contributed by atoms with Gasteiger partial charge in [0.25, 0.3) is 0 Å². The lowest BCUT2D eigenvalue weighted by Gasteiger charge is -2.35. The Balaban J connectivity index is 1.57. The second-order valence-electron chi connectivity index (χ2n) is 5.96. The highest BCUT2D eigenvalue weighted by Crippen LogP contribution is 2.18. The van der Waals surface area contributed by atoms with Crippen LogP contribution in [0.3, 0.4) is 0 Å². The third-order valence-electron chi connectivity index (χ3n) is 3.93. The van der Waals surface area contributed by atoms with E-state index in [4.69, 9.17) is 4.74 Å². The van der Waals surface area contributed by atoms with Crippen LogP contribution in [-0.2, 0) is 16.6 Å². The fourth-order valence-corrected chi connectivity index (χ4v) is 2.93. The third-order valence-corrected chi connectivity index (χ3v) is 3.93. The second kappa shape index (κ2) is 6.49. The zero-order valence-corrected chi connectivity index (χ0v) is 13.7. The summed E-state index contributed by atoms with van der Waals surface area (Å²) in [5.74, 6) is 0.843. The van der Waals surface area contributed by atoms with Crippen molar-refractivity contribution in [1.82, 2.24) is 24.6 Å². The molecule has 23 heavy (non-hydrogen) atoms. The molecule has 0 bridgehead atoms. The van der Waals surface area contributed by atoms with Gasteiger partial charge in [0.05, 0.1) is 23.8 Å². The molecule has 3 rings (SSSR count). The van der Waals surface area contributed by atoms with Gasteiger partial charge in [-0.1, -0.05) is 0 Å². The molecule has 3 heterocycles. The molecule has 124 valence electrons. The van der Waals surface area contributed by atoms with Gasteiger partial charge in [0.1, 0.15) is 12.1 Å². The first kappa shape index (κ1) is 15.7. The van der Waals surface area contributed by atoms with Crippen molar-refractivity contribution < 1.29 is 9.53 Å². The van der Waals surface area contributed by atoms with Crippen LogP contribution in [0.4, 0.5) is 5.82 Å². The van der Waals surface area contributed by atoms with Crippen LogP contribution in [0, 0.1) is 0 Å². The number of rotatable bonds is 4. The van der Waals surface area contributed by atoms with E-state index in [1.807, 2.05) is 25.8 Å². The van der Waals surface area contributed by atoms with Crippen LogP contribution in [0.5, 0.6) is 0 Å². The molecule has 8 heteroatoms. The van der Waals surface area contributed by atoms with Gasteiger partial charge in [-0.15, -0.1) is 0 Å². The minimum absolute atomic E-state index is 0.0903. The van der Waals surface area contributed by atoms with Crippen molar-refractivity contribution in [2.45, 2.75) is 32.5 Å². The molecule has 8 nitrogen and oxygen atoms in total. The quantitative estimate of drug-likeness (QED) is 0.897. The summed E-state index contributed by atoms with van der Waals surface area (Å²) in [6.07, 6.45) is 3.83. The number of fused-ring (bicyclic) bond motifs is 1. The molecule has 2 aromatic rings. The molecular formula is C15H22N6O2. The summed E-state index contributed by atoms with van der Waals surface area (Å²) in [6.45, 7) is 5.83. The van der Waals surface area contributed by atoms with Crippen LogP contribution in [0.1, 0.15) is 20.3 Å². The number of nitrogens with zero attached hydrogens (tertiary/aromatic N) is 5. The van der Waals surface area contributed by atoms with E-state index in [2.05, 4.69) is 20.4 Å². The lowest BCUT2D eigenvalue weighted by molar-refractivity contribution is -0.142. The second-order valence-corrected chi connectivity index (χ2v) is 5.96. The molecule has 0 spiro atoms. The van der Waals surface area contributed by atoms with Crippen LogP contribution < -0.4 is 5.32 Å². The maximum absolute atomic E-state index is 12.3. The van der Waals surface area contributed by atoms with Gasteiger partial charge in [-0.25, -0.2) is 9.97 Å². The zero-order chi connectivity index (χ0) is 16.4. The Hall–Kier alpha value is -2.22. The number of carbonyl (C=O) groups is 1. The minimum Gasteiger partial charge on any atom is -0.372 e. The van der Waals surface area contributed by atoms with Crippen molar-refractivity contribution >= 4 is 22.8 Å². The van der Waals surface area contributed by atoms with Crippen molar-refractivity contribution in [3.63, 3.8) is 0 Å². The van der Waals surface area contributed by atoms with Crippen molar-refractivity contribution in [2.75, 3.05) is 25.0 Å². The summed E-state index contributed by atoms with van der Waals surface area (Å²) < 4.78 is 7.35. The van der Waals surface area contributed by atoms with Crippen LogP contribution in [0.2, 0.25) is 0 Å². The average Bonchev–Trinajstić information content (AvgIpc) is 2.89. The maximum atomic E-state index is 12.3. The first-order valence-corrected chi connectivity index (χ1v) is 7.84. The van der Waals surface area contributed by atoms with E-state index >= 15 is 0 Å². The summed E-state index contributed by atoms with van der Waals surface area (Å²) in [6, 6.07) is 0. The van der Waals surface area contributed by atoms with Gasteiger partial charge in [0, 0.05) is 33.1 Å². The number of hydrogen-bond donors (Lipinski definition) is 1. The normalized spacial score (nSPS) is 21.6. The van der Waals surface area contributed by atoms with Gasteiger partial charge in [-0.3, -0.25) is 9.48 Å². The van der Waals surface area contributed by atoms with Crippen LogP contribution >= 0.6 is 0 Å². The van der Waals surface area contributed by atoms with E-state index in [1.165, 1.54) is 6.33 Å². The Morgan fingerprint density at radius 1 is 1.35 bits per heavy atom. The number of aromatic nitrogens is 4. The third kappa shape index (κ3) is 3.42. The van der Waals surface area contributed by atoms with Gasteiger partial charge in [0.2, 0.25) is 5.91 Å². The summed E-state index contributed by atoms with van der Waals surface area (Å²) in [4.78, 5) is 22.6. The molecule has 0 aromatic carbocycles. The highest BCUT2D eigenvalue weighted by molar-refractivity contribution is 5.86. The molecule has 2 aromatic heterocycles. The summed E-state index contributed by atoms with van der Waals surface area (Å²) in [5, 5.41) is 8.24. The predicted molar refractivity (Wildman–Crippen MR) is 86.0 cm³/mol. The molecule has 0 unspecified atom stereocenters. The molecular weight excluding hydrogens is 296 g/mol. The lowest BCUT2D eigenvalue weighted by Crippen LogP contribution is -2.48. The first-order chi connectivity index (χ1) is 11.0. The zero-order valence-electron chi connectivity index (χ0n) is 13.7. The number of nitrogens with one attached hydrogen (secondary N) is 1. The van der Waals surface area contributed by atoms with Crippen molar-refractivity contribution in [3.8, 4) is 0 Å². The van der Waals surface area contributed by atoms with Crippen molar-refractivity contribution in [3.05, 3.63) is 12.5 Å². The molecule has 1 aliphatic rings. The van der Waals surface area contributed by atoms with Gasteiger partial charge >= 0.3 is 0 Å². The van der Waals surface area contributed by atoms with E-state index in [0.717, 1.165) is 11.0 Å². The van der Waals surface area contributed by atoms with E-state index in [0.29, 0.717) is 31.9 Å². The van der Waals surface area contributed by atoms with E-state index in [9.17, 15) is 4.79 Å². The first-order valence-electron chi connectivity index (χ1n) is 7.84. The highest BCUT2D eigenvalue weighted by Gasteiger charge is 2.25. The molecule has 1 saturated heterocycles. The fourth-order valence-electron chi connectivity index (χ4n) is 2.93. The molecule has 1 aliphatic heterocycles. The maximum Gasteiger partial charge on any atom is 0.224 e. The largest absolute Gasteiger partial charge is 0.372 e. The molecule has 1 amide bonds. The Morgan fingerprint density at radius 3 is 2.83 bits per heavy atom. The van der Waals surface area contributed by atoms with E-state index in [-0.39, 0.29) is 18.1 Å². The molecule has 2 atom stereocenters. The standard InChI is InChI=1S/C15H22N6O2/c1-10-7-21(8-11(2)23-10)13(22)4-5-16-14-12-6-19-20(3)15(12)18-9-17-14/h6,9-11H,4-5,7-8H2,1-3H3,(H,16,17,18)/t10-,11-/m1/s1. The topological polar surface area (TPSA) is 85.2 Å². The number of anilines is 1. The number of aryl methyl sites for hydroxylation is 1. The molecule has 1 N–H and O–H groups in total. The van der Waals surface area contributed by atoms with E-state index < -0.39 is 0 Å². The molecule has 0 radical (unpaired) electrons. The Morgan fingerprint density at radius 2 is 2.09 bits per heavy atom. The Bertz CT molecular complexity index is 690. The average molecular weight is 318 g/mol. The number of amides is 1. The number of carbonyl (C=O) groups excluding carboxylic acids is 1. The lowest BCUT2D eigenvalue weighted by atomic mass is 10.2. The summed E-state index contributed by atoms with van der Waals surface area (Å²) >= 11 is 0. The molecule has 1 fully saturated rings. The summed E-state index contributed by atoms with van der Waals surface area (Å²) in [7, 11) is 1.84. The van der Waals surface area contributed by atoms with Gasteiger partial charge in [-0.05, 0) is 13.8 Å². The SMILES string of the molecule is C[C@@H]1CN(C(=O)CCNc2ncnc3c2cnn3C)C[C@@H](C)O1. The van der Waals surface area contributed by atoms with Crippen molar-refractivity contribution in [1.29, 1.82) is 0 Å². The molecule has 0 saturated carbocycles. The highest BCUT2D eigenvalue weighted by atomic mass is 16.5. The Kier molecular flexibility index (Phi) is 4.42. The predicted octanol–water partition coefficient (Wildman–Crippen LogP) is 0.801. The number of hydrogen-bond acceptors (Lipinski definition) is 6. The van der Waals surface area contributed by atoms with Gasteiger partial charge in [-0.2, -0.15) is 5.10 Å². The van der Waals surface area contributed by atoms with Gasteiger partial charge < -0.3 is 15.0 Å². The van der Waals surface area contributed by atoms with Crippen LogP contribution in [0.25, 0.3) is 11.0 Å². The van der Waals surface area contributed by atoms with Crippen LogP contribution in [0.15, 0.2) is 12.5 Å². The number of ether oxygens (including phenoxy) is 1. The van der Waals surface area contributed by atoms with Gasteiger partial charge in [0.15, 0.2) is 5.65 Å². The molecule has 0 aliphatic carbocycles. The monoisotopic (exact) mass is 318 g/mol. The smallest absolute Gasteiger partial charge is 0.224 e. The van der Waals surface area contributed by atoms with Crippen molar-refractivity contribution in [2.24, 2.45) is 7.05 Å². The van der Waals surface area contributed by atoms with Crippen LogP contribution in [-0.4, -0.2) is 62.4 Å². The van der Waals surface area contributed by atoms with E-state index in [1.54, 1.807) is 10.9 Å². The minimum atomic E-state index is 0.0903. The Labute approximate surface area is 134 Å². The number of morpholine rings is 1. The summed E-state index contributed by atoms with van der Waals surface area (Å²) in [5.41, 5.74) is 0.768.